The molecule has 2 atom stereocenters. The van der Waals surface area contributed by atoms with Crippen LogP contribution < -0.4 is 0 Å². The van der Waals surface area contributed by atoms with Gasteiger partial charge in [-0.3, -0.25) is 4.79 Å². The summed E-state index contributed by atoms with van der Waals surface area (Å²) in [6.07, 6.45) is 8.07. The van der Waals surface area contributed by atoms with Crippen LogP contribution >= 0.6 is 11.6 Å². The minimum absolute atomic E-state index is 0.144. The van der Waals surface area contributed by atoms with E-state index in [9.17, 15) is 4.79 Å². The van der Waals surface area contributed by atoms with Gasteiger partial charge in [0.15, 0.2) is 0 Å². The second kappa shape index (κ2) is 6.35. The Hall–Kier alpha value is -1.09. The molecule has 0 bridgehead atoms. The van der Waals surface area contributed by atoms with Gasteiger partial charge in [-0.1, -0.05) is 37.8 Å². The lowest BCUT2D eigenvalue weighted by Crippen LogP contribution is -2.39. The number of carbonyl (C=O) groups excluding carboxylic acids is 1. The van der Waals surface area contributed by atoms with Crippen molar-refractivity contribution in [3.05, 3.63) is 28.5 Å². The van der Waals surface area contributed by atoms with Crippen LogP contribution in [0, 0.1) is 5.92 Å². The molecule has 2 heterocycles. The van der Waals surface area contributed by atoms with E-state index in [4.69, 9.17) is 11.6 Å². The molecule has 1 amide bonds. The van der Waals surface area contributed by atoms with Gasteiger partial charge in [-0.05, 0) is 43.7 Å². The zero-order valence-corrected chi connectivity index (χ0v) is 13.4. The van der Waals surface area contributed by atoms with Gasteiger partial charge >= 0.3 is 0 Å². The van der Waals surface area contributed by atoms with Crippen LogP contribution in [-0.4, -0.2) is 28.4 Å². The number of aromatic nitrogens is 1. The van der Waals surface area contributed by atoms with E-state index in [1.54, 1.807) is 6.07 Å². The van der Waals surface area contributed by atoms with E-state index in [-0.39, 0.29) is 5.91 Å². The topological polar surface area (TPSA) is 33.2 Å². The van der Waals surface area contributed by atoms with Crippen molar-refractivity contribution in [1.29, 1.82) is 0 Å². The first-order chi connectivity index (χ1) is 10.2. The Bertz CT molecular complexity index is 532. The SMILES string of the molecule is CCCc1cc(C(=O)N2CCC3CCCCC32)cc(Cl)n1. The van der Waals surface area contributed by atoms with Gasteiger partial charge < -0.3 is 4.90 Å². The average Bonchev–Trinajstić information content (AvgIpc) is 2.90. The summed E-state index contributed by atoms with van der Waals surface area (Å²) >= 11 is 6.09. The molecule has 4 heteroatoms. The standard InChI is InChI=1S/C17H23ClN2O/c1-2-5-14-10-13(11-16(18)19-14)17(21)20-9-8-12-6-3-4-7-15(12)20/h10-12,15H,2-9H2,1H3. The van der Waals surface area contributed by atoms with Crippen LogP contribution in [-0.2, 0) is 6.42 Å². The van der Waals surface area contributed by atoms with Gasteiger partial charge in [0.25, 0.3) is 5.91 Å². The zero-order valence-electron chi connectivity index (χ0n) is 12.6. The Balaban J connectivity index is 1.81. The van der Waals surface area contributed by atoms with Crippen molar-refractivity contribution in [1.82, 2.24) is 9.88 Å². The molecule has 1 saturated carbocycles. The molecule has 1 aromatic rings. The Morgan fingerprint density at radius 3 is 2.95 bits per heavy atom. The van der Waals surface area contributed by atoms with Crippen LogP contribution in [0.2, 0.25) is 5.15 Å². The molecule has 2 aliphatic rings. The van der Waals surface area contributed by atoms with E-state index in [2.05, 4.69) is 16.8 Å². The maximum absolute atomic E-state index is 12.9. The van der Waals surface area contributed by atoms with Gasteiger partial charge in [0.2, 0.25) is 0 Å². The van der Waals surface area contributed by atoms with E-state index in [0.717, 1.165) is 43.8 Å². The summed E-state index contributed by atoms with van der Waals surface area (Å²) in [5.74, 6) is 0.862. The number of amides is 1. The average molecular weight is 307 g/mol. The van der Waals surface area contributed by atoms with Gasteiger partial charge in [-0.15, -0.1) is 0 Å². The van der Waals surface area contributed by atoms with E-state index < -0.39 is 0 Å². The molecular formula is C17H23ClN2O. The number of hydrogen-bond donors (Lipinski definition) is 0. The van der Waals surface area contributed by atoms with Crippen molar-refractivity contribution in [3.8, 4) is 0 Å². The smallest absolute Gasteiger partial charge is 0.254 e. The van der Waals surface area contributed by atoms with E-state index in [1.807, 2.05) is 6.07 Å². The molecule has 1 aliphatic carbocycles. The second-order valence-electron chi connectivity index (χ2n) is 6.32. The minimum atomic E-state index is 0.144. The largest absolute Gasteiger partial charge is 0.335 e. The molecule has 2 fully saturated rings. The van der Waals surface area contributed by atoms with E-state index >= 15 is 0 Å². The third kappa shape index (κ3) is 3.08. The minimum Gasteiger partial charge on any atom is -0.335 e. The van der Waals surface area contributed by atoms with Crippen LogP contribution in [0.3, 0.4) is 0 Å². The van der Waals surface area contributed by atoms with E-state index in [1.165, 1.54) is 19.3 Å². The highest BCUT2D eigenvalue weighted by molar-refractivity contribution is 6.29. The van der Waals surface area contributed by atoms with Crippen molar-refractivity contribution in [2.45, 2.75) is 57.9 Å². The molecule has 0 spiro atoms. The Kier molecular flexibility index (Phi) is 4.48. The summed E-state index contributed by atoms with van der Waals surface area (Å²) in [7, 11) is 0. The normalized spacial score (nSPS) is 25.0. The van der Waals surface area contributed by atoms with Crippen LogP contribution in [0.1, 0.15) is 61.5 Å². The Labute approximate surface area is 131 Å². The third-order valence-electron chi connectivity index (χ3n) is 4.87. The summed E-state index contributed by atoms with van der Waals surface area (Å²) in [4.78, 5) is 19.2. The molecule has 1 aliphatic heterocycles. The lowest BCUT2D eigenvalue weighted by molar-refractivity contribution is 0.0690. The Morgan fingerprint density at radius 1 is 1.33 bits per heavy atom. The number of likely N-dealkylation sites (tertiary alicyclic amines) is 1. The first-order valence-electron chi connectivity index (χ1n) is 8.16. The van der Waals surface area contributed by atoms with Gasteiger partial charge in [-0.2, -0.15) is 0 Å². The van der Waals surface area contributed by atoms with Crippen molar-refractivity contribution >= 4 is 17.5 Å². The highest BCUT2D eigenvalue weighted by atomic mass is 35.5. The maximum Gasteiger partial charge on any atom is 0.254 e. The highest BCUT2D eigenvalue weighted by Gasteiger charge is 2.38. The monoisotopic (exact) mass is 306 g/mol. The van der Waals surface area contributed by atoms with Crippen LogP contribution in [0.15, 0.2) is 12.1 Å². The maximum atomic E-state index is 12.9. The molecule has 1 saturated heterocycles. The molecule has 0 N–H and O–H groups in total. The molecular weight excluding hydrogens is 284 g/mol. The first-order valence-corrected chi connectivity index (χ1v) is 8.54. The van der Waals surface area contributed by atoms with Gasteiger partial charge in [0.1, 0.15) is 5.15 Å². The van der Waals surface area contributed by atoms with Gasteiger partial charge in [-0.25, -0.2) is 4.98 Å². The predicted octanol–water partition coefficient (Wildman–Crippen LogP) is 4.09. The number of aryl methyl sites for hydroxylation is 1. The number of fused-ring (bicyclic) bond motifs is 1. The fourth-order valence-electron chi connectivity index (χ4n) is 3.88. The summed E-state index contributed by atoms with van der Waals surface area (Å²) in [6.45, 7) is 3.01. The number of carbonyl (C=O) groups is 1. The fraction of sp³-hybridized carbons (Fsp3) is 0.647. The molecule has 2 unspecified atom stereocenters. The lowest BCUT2D eigenvalue weighted by atomic mass is 9.85. The molecule has 0 radical (unpaired) electrons. The van der Waals surface area contributed by atoms with Crippen molar-refractivity contribution in [2.75, 3.05) is 6.54 Å². The van der Waals surface area contributed by atoms with Crippen molar-refractivity contribution in [2.24, 2.45) is 5.92 Å². The summed E-state index contributed by atoms with van der Waals surface area (Å²) < 4.78 is 0. The number of rotatable bonds is 3. The van der Waals surface area contributed by atoms with Crippen molar-refractivity contribution in [3.63, 3.8) is 0 Å². The zero-order chi connectivity index (χ0) is 14.8. The molecule has 3 rings (SSSR count). The number of nitrogens with zero attached hydrogens (tertiary/aromatic N) is 2. The summed E-state index contributed by atoms with van der Waals surface area (Å²) in [5, 5.41) is 0.434. The number of hydrogen-bond acceptors (Lipinski definition) is 2. The highest BCUT2D eigenvalue weighted by Crippen LogP contribution is 2.37. The predicted molar refractivity (Wildman–Crippen MR) is 84.6 cm³/mol. The molecule has 3 nitrogen and oxygen atoms in total. The van der Waals surface area contributed by atoms with Gasteiger partial charge in [0, 0.05) is 23.8 Å². The summed E-state index contributed by atoms with van der Waals surface area (Å²) in [5.41, 5.74) is 1.64. The number of halogens is 1. The quantitative estimate of drug-likeness (QED) is 0.788. The van der Waals surface area contributed by atoms with Gasteiger partial charge in [0.05, 0.1) is 0 Å². The molecule has 114 valence electrons. The summed E-state index contributed by atoms with van der Waals surface area (Å²) in [6, 6.07) is 4.10. The molecule has 1 aromatic heterocycles. The third-order valence-corrected chi connectivity index (χ3v) is 5.06. The van der Waals surface area contributed by atoms with Crippen LogP contribution in [0.5, 0.6) is 0 Å². The second-order valence-corrected chi connectivity index (χ2v) is 6.71. The fourth-order valence-corrected chi connectivity index (χ4v) is 4.11. The molecule has 21 heavy (non-hydrogen) atoms. The van der Waals surface area contributed by atoms with Crippen LogP contribution in [0.25, 0.3) is 0 Å². The molecule has 0 aromatic carbocycles. The van der Waals surface area contributed by atoms with Crippen LogP contribution in [0.4, 0.5) is 0 Å². The van der Waals surface area contributed by atoms with Crippen molar-refractivity contribution < 1.29 is 4.79 Å². The first kappa shape index (κ1) is 14.8. The Morgan fingerprint density at radius 2 is 2.14 bits per heavy atom. The van der Waals surface area contributed by atoms with E-state index in [0.29, 0.717) is 16.8 Å². The number of pyridine rings is 1. The lowest BCUT2D eigenvalue weighted by Gasteiger charge is -2.31.